The normalized spacial score (nSPS) is 21.8. The lowest BCUT2D eigenvalue weighted by Gasteiger charge is -2.29. The molecule has 2 rings (SSSR count). The molecule has 2 atom stereocenters. The molecule has 17 heavy (non-hydrogen) atoms. The highest BCUT2D eigenvalue weighted by Gasteiger charge is 2.53. The second-order valence-corrected chi connectivity index (χ2v) is 6.61. The van der Waals surface area contributed by atoms with Crippen LogP contribution in [0, 0.1) is 5.92 Å². The molecule has 3 N–H and O–H groups in total. The summed E-state index contributed by atoms with van der Waals surface area (Å²) in [6, 6.07) is 8.61. The zero-order valence-corrected chi connectivity index (χ0v) is 11.6. The van der Waals surface area contributed by atoms with Gasteiger partial charge in [-0.1, -0.05) is 18.2 Å². The fraction of sp³-hybridized carbons (Fsp3) is 0.455. The number of benzene rings is 1. The molecule has 1 aromatic rings. The zero-order valence-electron chi connectivity index (χ0n) is 9.67. The van der Waals surface area contributed by atoms with Crippen LogP contribution in [0.25, 0.3) is 0 Å². The Balaban J connectivity index is 0.00000144. The van der Waals surface area contributed by atoms with Crippen molar-refractivity contribution in [2.24, 2.45) is 11.7 Å². The van der Waals surface area contributed by atoms with Gasteiger partial charge in [0.05, 0.1) is 0 Å². The van der Waals surface area contributed by atoms with Crippen LogP contribution in [-0.2, 0) is 4.57 Å². The van der Waals surface area contributed by atoms with E-state index in [-0.39, 0.29) is 16.9 Å². The summed E-state index contributed by atoms with van der Waals surface area (Å²) in [4.78, 5) is 9.91. The molecule has 6 heteroatoms. The molecule has 1 aliphatic rings. The lowest BCUT2D eigenvalue weighted by atomic mass is 10.2. The summed E-state index contributed by atoms with van der Waals surface area (Å²) >= 11 is 0. The highest BCUT2D eigenvalue weighted by molar-refractivity contribution is 7.55. The van der Waals surface area contributed by atoms with E-state index in [4.69, 9.17) is 10.3 Å². The van der Waals surface area contributed by atoms with Crippen molar-refractivity contribution in [2.75, 3.05) is 0 Å². The summed E-state index contributed by atoms with van der Waals surface area (Å²) in [7, 11) is -3.83. The van der Waals surface area contributed by atoms with Gasteiger partial charge in [0.2, 0.25) is 0 Å². The van der Waals surface area contributed by atoms with Crippen LogP contribution in [0.1, 0.15) is 19.8 Å². The highest BCUT2D eigenvalue weighted by atomic mass is 31.2. The quantitative estimate of drug-likeness (QED) is 0.647. The Hall–Kier alpha value is -0.613. The minimum atomic E-state index is -3.83. The van der Waals surface area contributed by atoms with Gasteiger partial charge in [-0.15, -0.1) is 0 Å². The fourth-order valence-corrected chi connectivity index (χ4v) is 2.94. The molecule has 1 aliphatic carbocycles. The summed E-state index contributed by atoms with van der Waals surface area (Å²) in [5, 5.41) is -1.15. The molecule has 1 aromatic carbocycles. The van der Waals surface area contributed by atoms with Gasteiger partial charge >= 0.3 is 7.60 Å². The van der Waals surface area contributed by atoms with Crippen LogP contribution in [0.4, 0.5) is 0 Å². The number of nitrogens with two attached hydrogens (primary N) is 1. The van der Waals surface area contributed by atoms with Crippen LogP contribution in [-0.4, -0.2) is 21.1 Å². The average molecular weight is 269 g/mol. The zero-order chi connectivity index (χ0) is 11.8. The van der Waals surface area contributed by atoms with Crippen molar-refractivity contribution < 1.29 is 14.0 Å². The first kappa shape index (κ1) is 14.4. The van der Waals surface area contributed by atoms with Gasteiger partial charge < -0.3 is 15.2 Å². The first-order valence-corrected chi connectivity index (χ1v) is 6.87. The third-order valence-electron chi connectivity index (χ3n) is 2.99. The minimum Gasteiger partial charge on any atom is -0.423 e. The molecule has 0 spiro atoms. The van der Waals surface area contributed by atoms with Gasteiger partial charge in [-0.3, -0.25) is 0 Å². The van der Waals surface area contributed by atoms with E-state index < -0.39 is 12.9 Å². The second-order valence-electron chi connectivity index (χ2n) is 4.42. The van der Waals surface area contributed by atoms with Crippen molar-refractivity contribution in [2.45, 2.75) is 25.0 Å². The van der Waals surface area contributed by atoms with Crippen LogP contribution in [0.15, 0.2) is 30.3 Å². The van der Waals surface area contributed by atoms with Gasteiger partial charge in [0.25, 0.3) is 0 Å². The Bertz CT molecular complexity index is 420. The molecule has 1 saturated carbocycles. The number of hydrogen-bond acceptors (Lipinski definition) is 3. The van der Waals surface area contributed by atoms with E-state index in [2.05, 4.69) is 0 Å². The van der Waals surface area contributed by atoms with Crippen molar-refractivity contribution >= 4 is 18.6 Å². The SMILES string of the molecule is CC(N)(C1CC1)P(=O)(O)Oc1ccccc1.[Si]. The molecular weight excluding hydrogens is 253 g/mol. The van der Waals surface area contributed by atoms with Gasteiger partial charge in [-0.05, 0) is 37.8 Å². The van der Waals surface area contributed by atoms with E-state index in [1.165, 1.54) is 0 Å². The number of hydrogen-bond donors (Lipinski definition) is 2. The third kappa shape index (κ3) is 2.99. The maximum Gasteiger partial charge on any atom is 0.396 e. The molecule has 4 nitrogen and oxygen atoms in total. The van der Waals surface area contributed by atoms with Gasteiger partial charge in [0, 0.05) is 11.0 Å². The molecule has 4 radical (unpaired) electrons. The van der Waals surface area contributed by atoms with Gasteiger partial charge in [0.1, 0.15) is 11.0 Å². The Morgan fingerprint density at radius 2 is 1.94 bits per heavy atom. The van der Waals surface area contributed by atoms with E-state index >= 15 is 0 Å². The first-order chi connectivity index (χ1) is 7.43. The van der Waals surface area contributed by atoms with E-state index in [1.54, 1.807) is 31.2 Å². The molecule has 0 amide bonds. The molecule has 2 unspecified atom stereocenters. The van der Waals surface area contributed by atoms with E-state index in [0.717, 1.165) is 12.8 Å². The van der Waals surface area contributed by atoms with Crippen LogP contribution < -0.4 is 10.3 Å². The van der Waals surface area contributed by atoms with Crippen LogP contribution in [0.3, 0.4) is 0 Å². The summed E-state index contributed by atoms with van der Waals surface area (Å²) in [5.74, 6) is 0.470. The van der Waals surface area contributed by atoms with Crippen molar-refractivity contribution in [3.63, 3.8) is 0 Å². The van der Waals surface area contributed by atoms with E-state index in [9.17, 15) is 9.46 Å². The van der Waals surface area contributed by atoms with Gasteiger partial charge in [-0.2, -0.15) is 0 Å². The fourth-order valence-electron chi connectivity index (χ4n) is 1.62. The topological polar surface area (TPSA) is 72.6 Å². The molecular formula is C11H16NO3PSi. The van der Waals surface area contributed by atoms with E-state index in [0.29, 0.717) is 5.75 Å². The Labute approximate surface area is 106 Å². The molecule has 0 bridgehead atoms. The summed E-state index contributed by atoms with van der Waals surface area (Å²) < 4.78 is 17.2. The molecule has 0 aromatic heterocycles. The lowest BCUT2D eigenvalue weighted by molar-refractivity contribution is 0.326. The Kier molecular flexibility index (Phi) is 4.20. The summed E-state index contributed by atoms with van der Waals surface area (Å²) in [6.45, 7) is 1.59. The Morgan fingerprint density at radius 3 is 2.41 bits per heavy atom. The van der Waals surface area contributed by atoms with Crippen LogP contribution in [0.2, 0.25) is 0 Å². The first-order valence-electron chi connectivity index (χ1n) is 5.30. The van der Waals surface area contributed by atoms with Crippen molar-refractivity contribution in [3.05, 3.63) is 30.3 Å². The predicted octanol–water partition coefficient (Wildman–Crippen LogP) is 1.95. The van der Waals surface area contributed by atoms with Crippen molar-refractivity contribution in [1.29, 1.82) is 0 Å². The number of para-hydroxylation sites is 1. The van der Waals surface area contributed by atoms with Crippen molar-refractivity contribution in [1.82, 2.24) is 0 Å². The average Bonchev–Trinajstić information content (AvgIpc) is 3.01. The second kappa shape index (κ2) is 4.94. The van der Waals surface area contributed by atoms with Crippen LogP contribution >= 0.6 is 7.60 Å². The molecule has 0 heterocycles. The van der Waals surface area contributed by atoms with Gasteiger partial charge in [0.15, 0.2) is 0 Å². The Morgan fingerprint density at radius 1 is 1.41 bits per heavy atom. The lowest BCUT2D eigenvalue weighted by Crippen LogP contribution is -2.39. The smallest absolute Gasteiger partial charge is 0.396 e. The largest absolute Gasteiger partial charge is 0.423 e. The van der Waals surface area contributed by atoms with E-state index in [1.807, 2.05) is 6.07 Å². The highest BCUT2D eigenvalue weighted by Crippen LogP contribution is 2.60. The standard InChI is InChI=1S/C11H16NO3P.Si/c1-11(12,9-7-8-9)16(13,14)15-10-5-3-2-4-6-10;/h2-6,9H,7-8,12H2,1H3,(H,13,14);. The predicted molar refractivity (Wildman–Crippen MR) is 68.0 cm³/mol. The third-order valence-corrected chi connectivity index (χ3v) is 5.03. The monoisotopic (exact) mass is 269 g/mol. The van der Waals surface area contributed by atoms with Crippen LogP contribution in [0.5, 0.6) is 5.75 Å². The van der Waals surface area contributed by atoms with Gasteiger partial charge in [-0.25, -0.2) is 4.57 Å². The summed E-state index contributed by atoms with van der Waals surface area (Å²) in [6.07, 6.45) is 1.80. The molecule has 1 fully saturated rings. The summed E-state index contributed by atoms with van der Waals surface area (Å²) in [5.41, 5.74) is 5.91. The maximum atomic E-state index is 12.1. The number of rotatable bonds is 4. The molecule has 92 valence electrons. The molecule has 0 aliphatic heterocycles. The molecule has 0 saturated heterocycles. The maximum absolute atomic E-state index is 12.1. The minimum absolute atomic E-state index is 0. The van der Waals surface area contributed by atoms with Crippen molar-refractivity contribution in [3.8, 4) is 5.75 Å².